The number of anilines is 1. The molecule has 1 amide bonds. The Morgan fingerprint density at radius 1 is 1.28 bits per heavy atom. The molecule has 8 nitrogen and oxygen atoms in total. The van der Waals surface area contributed by atoms with Crippen molar-refractivity contribution >= 4 is 34.0 Å². The summed E-state index contributed by atoms with van der Waals surface area (Å²) in [6.45, 7) is 8.74. The maximum Gasteiger partial charge on any atom is 0.412 e. The smallest absolute Gasteiger partial charge is 0.412 e. The average molecular weight is 420 g/mol. The second kappa shape index (κ2) is 7.78. The van der Waals surface area contributed by atoms with Crippen molar-refractivity contribution in [1.82, 2.24) is 14.4 Å². The maximum atomic E-state index is 14.4. The summed E-state index contributed by atoms with van der Waals surface area (Å²) in [6, 6.07) is 1.28. The van der Waals surface area contributed by atoms with Gasteiger partial charge in [0.05, 0.1) is 12.3 Å². The van der Waals surface area contributed by atoms with Gasteiger partial charge in [0.15, 0.2) is 17.2 Å². The van der Waals surface area contributed by atoms with Gasteiger partial charge in [0, 0.05) is 18.0 Å². The minimum absolute atomic E-state index is 0.0694. The highest BCUT2D eigenvalue weighted by atomic mass is 32.1. The van der Waals surface area contributed by atoms with Crippen LogP contribution in [0.4, 0.5) is 14.2 Å². The van der Waals surface area contributed by atoms with Gasteiger partial charge in [-0.3, -0.25) is 5.32 Å². The van der Waals surface area contributed by atoms with Crippen LogP contribution < -0.4 is 5.32 Å². The minimum atomic E-state index is -0.731. The lowest BCUT2D eigenvalue weighted by Crippen LogP contribution is -2.27. The quantitative estimate of drug-likeness (QED) is 0.628. The van der Waals surface area contributed by atoms with Crippen molar-refractivity contribution in [2.24, 2.45) is 0 Å². The van der Waals surface area contributed by atoms with Gasteiger partial charge in [-0.1, -0.05) is 11.3 Å². The zero-order valence-electron chi connectivity index (χ0n) is 16.7. The summed E-state index contributed by atoms with van der Waals surface area (Å²) in [4.78, 5) is 32.9. The molecule has 3 aromatic heterocycles. The Bertz CT molecular complexity index is 1080. The van der Waals surface area contributed by atoms with Crippen LogP contribution in [-0.4, -0.2) is 38.6 Å². The molecule has 0 spiro atoms. The highest BCUT2D eigenvalue weighted by molar-refractivity contribution is 7.19. The summed E-state index contributed by atoms with van der Waals surface area (Å²) >= 11 is 1.02. The highest BCUT2D eigenvalue weighted by Crippen LogP contribution is 2.34. The lowest BCUT2D eigenvalue weighted by molar-refractivity contribution is 0.0521. The number of amides is 1. The lowest BCUT2D eigenvalue weighted by atomic mass is 10.2. The van der Waals surface area contributed by atoms with Crippen molar-refractivity contribution in [2.75, 3.05) is 11.9 Å². The van der Waals surface area contributed by atoms with E-state index in [0.29, 0.717) is 16.3 Å². The van der Waals surface area contributed by atoms with E-state index >= 15 is 0 Å². The predicted octanol–water partition coefficient (Wildman–Crippen LogP) is 4.43. The number of halogens is 1. The van der Waals surface area contributed by atoms with E-state index in [1.165, 1.54) is 6.07 Å². The number of rotatable bonds is 4. The number of imidazole rings is 1. The van der Waals surface area contributed by atoms with Crippen LogP contribution in [0.25, 0.3) is 16.2 Å². The SMILES string of the molecule is CCOC(=O)c1nc(-c2cc(F)c3nc(C)cn3c2)sc1NC(=O)OC(C)(C)C. The van der Waals surface area contributed by atoms with Gasteiger partial charge in [-0.25, -0.2) is 23.9 Å². The van der Waals surface area contributed by atoms with E-state index in [2.05, 4.69) is 15.3 Å². The molecule has 0 fully saturated rings. The molecule has 0 saturated carbocycles. The fraction of sp³-hybridized carbons (Fsp3) is 0.368. The Morgan fingerprint density at radius 2 is 2.00 bits per heavy atom. The Balaban J connectivity index is 2.02. The second-order valence-corrected chi connectivity index (χ2v) is 8.23. The third kappa shape index (κ3) is 4.70. The molecule has 0 atom stereocenters. The number of aryl methyl sites for hydroxylation is 1. The van der Waals surface area contributed by atoms with Crippen molar-refractivity contribution < 1.29 is 23.5 Å². The van der Waals surface area contributed by atoms with Crippen LogP contribution in [0.1, 0.15) is 43.9 Å². The van der Waals surface area contributed by atoms with E-state index < -0.39 is 23.5 Å². The van der Waals surface area contributed by atoms with Crippen molar-refractivity contribution in [1.29, 1.82) is 0 Å². The molecule has 0 aliphatic rings. The number of pyridine rings is 1. The van der Waals surface area contributed by atoms with Gasteiger partial charge in [0.1, 0.15) is 15.6 Å². The monoisotopic (exact) mass is 420 g/mol. The molecule has 29 heavy (non-hydrogen) atoms. The fourth-order valence-electron chi connectivity index (χ4n) is 2.56. The number of hydrogen-bond donors (Lipinski definition) is 1. The molecule has 0 aliphatic carbocycles. The van der Waals surface area contributed by atoms with Crippen molar-refractivity contribution in [2.45, 2.75) is 40.2 Å². The average Bonchev–Trinajstić information content (AvgIpc) is 3.16. The van der Waals surface area contributed by atoms with Crippen molar-refractivity contribution in [3.8, 4) is 10.6 Å². The van der Waals surface area contributed by atoms with E-state index in [4.69, 9.17) is 9.47 Å². The Labute approximate surface area is 170 Å². The maximum absolute atomic E-state index is 14.4. The summed E-state index contributed by atoms with van der Waals surface area (Å²) in [5.41, 5.74) is 0.509. The van der Waals surface area contributed by atoms with Gasteiger partial charge < -0.3 is 13.9 Å². The molecule has 3 rings (SSSR count). The van der Waals surface area contributed by atoms with Crippen LogP contribution in [0.2, 0.25) is 0 Å². The van der Waals surface area contributed by atoms with Crippen molar-refractivity contribution in [3.05, 3.63) is 35.7 Å². The number of fused-ring (bicyclic) bond motifs is 1. The third-order valence-corrected chi connectivity index (χ3v) is 4.60. The minimum Gasteiger partial charge on any atom is -0.461 e. The molecule has 0 aromatic carbocycles. The van der Waals surface area contributed by atoms with Crippen LogP contribution in [0, 0.1) is 12.7 Å². The lowest BCUT2D eigenvalue weighted by Gasteiger charge is -2.19. The zero-order chi connectivity index (χ0) is 21.3. The van der Waals surface area contributed by atoms with Crippen LogP contribution in [0.3, 0.4) is 0 Å². The number of aromatic nitrogens is 3. The first-order valence-electron chi connectivity index (χ1n) is 8.90. The summed E-state index contributed by atoms with van der Waals surface area (Å²) < 4.78 is 26.2. The third-order valence-electron chi connectivity index (χ3n) is 3.58. The normalized spacial score (nSPS) is 11.5. The Kier molecular flexibility index (Phi) is 5.56. The molecule has 154 valence electrons. The van der Waals surface area contributed by atoms with Crippen LogP contribution in [0.15, 0.2) is 18.5 Å². The topological polar surface area (TPSA) is 94.8 Å². The molecule has 3 heterocycles. The first-order valence-corrected chi connectivity index (χ1v) is 9.72. The molecule has 3 aromatic rings. The van der Waals surface area contributed by atoms with E-state index in [1.54, 1.807) is 51.4 Å². The molecular formula is C19H21FN4O4S. The second-order valence-electron chi connectivity index (χ2n) is 7.23. The van der Waals surface area contributed by atoms with Gasteiger partial charge in [-0.2, -0.15) is 0 Å². The van der Waals surface area contributed by atoms with Crippen LogP contribution in [-0.2, 0) is 9.47 Å². The number of carbonyl (C=O) groups is 2. The van der Waals surface area contributed by atoms with Gasteiger partial charge in [0.25, 0.3) is 0 Å². The molecule has 0 unspecified atom stereocenters. The molecule has 1 N–H and O–H groups in total. The van der Waals surface area contributed by atoms with Crippen LogP contribution in [0.5, 0.6) is 0 Å². The first kappa shape index (κ1) is 20.7. The van der Waals surface area contributed by atoms with Crippen LogP contribution >= 0.6 is 11.3 Å². The number of hydrogen-bond acceptors (Lipinski definition) is 7. The summed E-state index contributed by atoms with van der Waals surface area (Å²) in [7, 11) is 0. The number of ether oxygens (including phenoxy) is 2. The molecule has 0 bridgehead atoms. The highest BCUT2D eigenvalue weighted by Gasteiger charge is 2.25. The van der Waals surface area contributed by atoms with E-state index in [1.807, 2.05) is 0 Å². The fourth-order valence-corrected chi connectivity index (χ4v) is 3.48. The standard InChI is InChI=1S/C19H21FN4O4S/c1-6-27-17(25)13-16(23-18(26)28-19(3,4)5)29-15(22-13)11-7-12(20)14-21-10(2)8-24(14)9-11/h7-9H,6H2,1-5H3,(H,23,26). The molecule has 0 radical (unpaired) electrons. The van der Waals surface area contributed by atoms with Gasteiger partial charge >= 0.3 is 12.1 Å². The number of thiazole rings is 1. The first-order chi connectivity index (χ1) is 13.6. The summed E-state index contributed by atoms with van der Waals surface area (Å²) in [5, 5.41) is 3.03. The van der Waals surface area contributed by atoms with E-state index in [9.17, 15) is 14.0 Å². The molecular weight excluding hydrogens is 399 g/mol. The Hall–Kier alpha value is -3.01. The predicted molar refractivity (Wildman–Crippen MR) is 107 cm³/mol. The Morgan fingerprint density at radius 3 is 2.66 bits per heavy atom. The number of esters is 1. The molecule has 0 aliphatic heterocycles. The number of carbonyl (C=O) groups excluding carboxylic acids is 2. The van der Waals surface area contributed by atoms with Crippen molar-refractivity contribution in [3.63, 3.8) is 0 Å². The number of nitrogens with zero attached hydrogens (tertiary/aromatic N) is 3. The largest absolute Gasteiger partial charge is 0.461 e. The summed E-state index contributed by atoms with van der Waals surface area (Å²) in [5.74, 6) is -1.22. The zero-order valence-corrected chi connectivity index (χ0v) is 17.5. The summed E-state index contributed by atoms with van der Waals surface area (Å²) in [6.07, 6.45) is 2.61. The van der Waals surface area contributed by atoms with E-state index in [0.717, 1.165) is 11.3 Å². The van der Waals surface area contributed by atoms with Gasteiger partial charge in [-0.15, -0.1) is 0 Å². The van der Waals surface area contributed by atoms with Gasteiger partial charge in [-0.05, 0) is 40.7 Å². The molecule has 0 saturated heterocycles. The van der Waals surface area contributed by atoms with Gasteiger partial charge in [0.2, 0.25) is 0 Å². The van der Waals surface area contributed by atoms with E-state index in [-0.39, 0.29) is 22.9 Å². The molecule has 10 heteroatoms. The number of nitrogens with one attached hydrogen (secondary N) is 1.